The van der Waals surface area contributed by atoms with E-state index in [1.807, 2.05) is 38.1 Å². The number of hydrogen-bond donors (Lipinski definition) is 2. The van der Waals surface area contributed by atoms with Crippen LogP contribution in [0.15, 0.2) is 65.8 Å². The topological polar surface area (TPSA) is 101 Å². The van der Waals surface area contributed by atoms with Crippen molar-refractivity contribution in [2.45, 2.75) is 59.0 Å². The van der Waals surface area contributed by atoms with Crippen LogP contribution in [0.3, 0.4) is 0 Å². The van der Waals surface area contributed by atoms with E-state index in [4.69, 9.17) is 0 Å². The summed E-state index contributed by atoms with van der Waals surface area (Å²) in [5.41, 5.74) is 4.39. The van der Waals surface area contributed by atoms with Gasteiger partial charge in [0.15, 0.2) is 0 Å². The van der Waals surface area contributed by atoms with Crippen LogP contribution in [-0.2, 0) is 9.59 Å². The summed E-state index contributed by atoms with van der Waals surface area (Å²) in [5.74, 6) is -1.08. The predicted octanol–water partition coefficient (Wildman–Crippen LogP) is 4.84. The maximum absolute atomic E-state index is 13.5. The summed E-state index contributed by atoms with van der Waals surface area (Å²) in [4.78, 5) is 42.0. The van der Waals surface area contributed by atoms with Crippen LogP contribution in [0.5, 0.6) is 0 Å². The molecule has 0 aliphatic rings. The van der Waals surface area contributed by atoms with Gasteiger partial charge in [-0.25, -0.2) is 0 Å². The molecule has 1 amide bonds. The van der Waals surface area contributed by atoms with E-state index in [2.05, 4.69) is 24.1 Å². The van der Waals surface area contributed by atoms with Gasteiger partial charge in [-0.05, 0) is 67.0 Å². The Morgan fingerprint density at radius 1 is 1.03 bits per heavy atom. The number of carboxylic acids is 1. The largest absolute Gasteiger partial charge is 0.481 e. The van der Waals surface area contributed by atoms with Crippen molar-refractivity contribution in [2.75, 3.05) is 0 Å². The number of hydrogen-bond acceptors (Lipinski definition) is 4. The second kappa shape index (κ2) is 11.6. The van der Waals surface area contributed by atoms with Gasteiger partial charge in [-0.3, -0.25) is 19.4 Å². The number of benzene rings is 1. The zero-order valence-corrected chi connectivity index (χ0v) is 20.7. The minimum atomic E-state index is -1.04. The Labute approximate surface area is 205 Å². The van der Waals surface area contributed by atoms with E-state index in [0.29, 0.717) is 17.9 Å². The molecule has 0 radical (unpaired) electrons. The Morgan fingerprint density at radius 3 is 2.37 bits per heavy atom. The summed E-state index contributed by atoms with van der Waals surface area (Å²) < 4.78 is 1.42. The third-order valence-electron chi connectivity index (χ3n) is 6.13. The molecule has 7 heteroatoms. The first-order valence-corrected chi connectivity index (χ1v) is 11.9. The highest BCUT2D eigenvalue weighted by Gasteiger charge is 2.26. The molecule has 184 valence electrons. The van der Waals surface area contributed by atoms with E-state index in [9.17, 15) is 19.5 Å². The van der Waals surface area contributed by atoms with Gasteiger partial charge in [-0.1, -0.05) is 38.1 Å². The van der Waals surface area contributed by atoms with Crippen molar-refractivity contribution in [1.29, 1.82) is 0 Å². The normalized spacial score (nSPS) is 12.8. The van der Waals surface area contributed by atoms with Crippen molar-refractivity contribution >= 4 is 11.9 Å². The zero-order chi connectivity index (χ0) is 25.5. The highest BCUT2D eigenvalue weighted by molar-refractivity contribution is 5.81. The molecule has 2 atom stereocenters. The van der Waals surface area contributed by atoms with E-state index in [1.165, 1.54) is 10.6 Å². The number of aryl methyl sites for hydroxylation is 2. The first-order valence-electron chi connectivity index (χ1n) is 11.9. The lowest BCUT2D eigenvalue weighted by molar-refractivity contribution is -0.138. The van der Waals surface area contributed by atoms with Crippen LogP contribution in [0.1, 0.15) is 61.9 Å². The number of nitrogens with one attached hydrogen (secondary N) is 1. The van der Waals surface area contributed by atoms with Crippen LogP contribution >= 0.6 is 0 Å². The van der Waals surface area contributed by atoms with Crippen molar-refractivity contribution in [3.05, 3.63) is 88.1 Å². The molecule has 1 aromatic carbocycles. The van der Waals surface area contributed by atoms with Gasteiger partial charge in [0.25, 0.3) is 5.56 Å². The van der Waals surface area contributed by atoms with E-state index < -0.39 is 18.1 Å². The van der Waals surface area contributed by atoms with Crippen LogP contribution in [0, 0.1) is 19.8 Å². The average molecular weight is 476 g/mol. The SMILES string of the molecule is Cc1cccc(C)c1-c1cncc([C@H](CC(=O)O)NC(=O)[C@@H](CCC(C)C)n2ccccc2=O)c1. The van der Waals surface area contributed by atoms with E-state index in [0.717, 1.165) is 28.7 Å². The highest BCUT2D eigenvalue weighted by Crippen LogP contribution is 2.29. The van der Waals surface area contributed by atoms with Gasteiger partial charge >= 0.3 is 5.97 Å². The van der Waals surface area contributed by atoms with Crippen LogP contribution in [-0.4, -0.2) is 26.5 Å². The van der Waals surface area contributed by atoms with Gasteiger partial charge in [0.05, 0.1) is 12.5 Å². The Morgan fingerprint density at radius 2 is 1.74 bits per heavy atom. The number of carboxylic acid groups (broad SMARTS) is 1. The molecule has 3 rings (SSSR count). The van der Waals surface area contributed by atoms with Crippen molar-refractivity contribution in [1.82, 2.24) is 14.9 Å². The number of nitrogens with zero attached hydrogens (tertiary/aromatic N) is 2. The van der Waals surface area contributed by atoms with Crippen molar-refractivity contribution in [3.8, 4) is 11.1 Å². The molecule has 0 fully saturated rings. The predicted molar refractivity (Wildman–Crippen MR) is 136 cm³/mol. The van der Waals surface area contributed by atoms with Gasteiger partial charge in [0.2, 0.25) is 5.91 Å². The quantitative estimate of drug-likeness (QED) is 0.437. The fraction of sp³-hybridized carbons (Fsp3) is 0.357. The van der Waals surface area contributed by atoms with Crippen molar-refractivity contribution in [2.24, 2.45) is 5.92 Å². The second-order valence-corrected chi connectivity index (χ2v) is 9.37. The van der Waals surface area contributed by atoms with Crippen molar-refractivity contribution < 1.29 is 14.7 Å². The average Bonchev–Trinajstić information content (AvgIpc) is 2.79. The summed E-state index contributed by atoms with van der Waals surface area (Å²) in [6.07, 6.45) is 5.84. The van der Waals surface area contributed by atoms with Crippen LogP contribution in [0.4, 0.5) is 0 Å². The van der Waals surface area contributed by atoms with Crippen LogP contribution < -0.4 is 10.9 Å². The minimum absolute atomic E-state index is 0.273. The molecule has 2 aromatic heterocycles. The smallest absolute Gasteiger partial charge is 0.305 e. The molecule has 0 saturated carbocycles. The molecule has 3 aromatic rings. The lowest BCUT2D eigenvalue weighted by Crippen LogP contribution is -2.39. The first-order chi connectivity index (χ1) is 16.7. The number of amides is 1. The number of aromatic nitrogens is 2. The summed E-state index contributed by atoms with van der Waals surface area (Å²) in [6, 6.07) is 11.1. The van der Waals surface area contributed by atoms with Crippen LogP contribution in [0.25, 0.3) is 11.1 Å². The molecule has 0 saturated heterocycles. The summed E-state index contributed by atoms with van der Waals surface area (Å²) in [5, 5.41) is 12.5. The maximum atomic E-state index is 13.5. The van der Waals surface area contributed by atoms with Gasteiger partial charge in [0, 0.05) is 30.2 Å². The molecule has 0 aliphatic carbocycles. The van der Waals surface area contributed by atoms with Gasteiger partial charge in [0.1, 0.15) is 6.04 Å². The van der Waals surface area contributed by atoms with E-state index in [1.54, 1.807) is 30.7 Å². The molecule has 0 unspecified atom stereocenters. The van der Waals surface area contributed by atoms with Crippen LogP contribution in [0.2, 0.25) is 0 Å². The highest BCUT2D eigenvalue weighted by atomic mass is 16.4. The Balaban J connectivity index is 1.96. The third-order valence-corrected chi connectivity index (χ3v) is 6.13. The molecule has 7 nitrogen and oxygen atoms in total. The van der Waals surface area contributed by atoms with Gasteiger partial charge < -0.3 is 15.0 Å². The Hall–Kier alpha value is -3.74. The first kappa shape index (κ1) is 25.9. The van der Waals surface area contributed by atoms with E-state index >= 15 is 0 Å². The summed E-state index contributed by atoms with van der Waals surface area (Å²) in [6.45, 7) is 8.15. The monoisotopic (exact) mass is 475 g/mol. The lowest BCUT2D eigenvalue weighted by atomic mass is 9.94. The molecule has 0 bridgehead atoms. The number of aliphatic carboxylic acids is 1. The van der Waals surface area contributed by atoms with Crippen molar-refractivity contribution in [3.63, 3.8) is 0 Å². The number of carbonyl (C=O) groups excluding carboxylic acids is 1. The summed E-state index contributed by atoms with van der Waals surface area (Å²) in [7, 11) is 0. The third kappa shape index (κ3) is 6.66. The standard InChI is InChI=1S/C28H33N3O4/c1-18(2)11-12-24(31-13-6-5-10-25(31)32)28(35)30-23(15-26(33)34)21-14-22(17-29-16-21)27-19(3)8-7-9-20(27)4/h5-10,13-14,16-18,23-24H,11-12,15H2,1-4H3,(H,30,35)(H,33,34)/t23-,24+/m0/s1. The van der Waals surface area contributed by atoms with E-state index in [-0.39, 0.29) is 17.9 Å². The molecule has 0 spiro atoms. The lowest BCUT2D eigenvalue weighted by Gasteiger charge is -2.24. The summed E-state index contributed by atoms with van der Waals surface area (Å²) >= 11 is 0. The molecule has 35 heavy (non-hydrogen) atoms. The molecular formula is C28H33N3O4. The number of rotatable bonds is 10. The number of carbonyl (C=O) groups is 2. The molecule has 2 N–H and O–H groups in total. The number of pyridine rings is 2. The maximum Gasteiger partial charge on any atom is 0.305 e. The zero-order valence-electron chi connectivity index (χ0n) is 20.7. The molecular weight excluding hydrogens is 442 g/mol. The molecule has 2 heterocycles. The Kier molecular flexibility index (Phi) is 8.58. The van der Waals surface area contributed by atoms with Gasteiger partial charge in [-0.15, -0.1) is 0 Å². The minimum Gasteiger partial charge on any atom is -0.481 e. The Bertz CT molecular complexity index is 1230. The fourth-order valence-electron chi connectivity index (χ4n) is 4.33. The fourth-order valence-corrected chi connectivity index (χ4v) is 4.33. The van der Waals surface area contributed by atoms with Gasteiger partial charge in [-0.2, -0.15) is 0 Å². The second-order valence-electron chi connectivity index (χ2n) is 9.37. The molecule has 0 aliphatic heterocycles.